The summed E-state index contributed by atoms with van der Waals surface area (Å²) in [5.74, 6) is 0. The van der Waals surface area contributed by atoms with E-state index in [1.165, 1.54) is 11.3 Å². The molecule has 1 nitrogen and oxygen atoms in total. The van der Waals surface area contributed by atoms with Gasteiger partial charge < -0.3 is 0 Å². The van der Waals surface area contributed by atoms with Gasteiger partial charge in [-0.05, 0) is 6.07 Å². The van der Waals surface area contributed by atoms with Crippen molar-refractivity contribution in [1.82, 2.24) is 0 Å². The Balaban J connectivity index is 2.92. The molecule has 0 atom stereocenters. The minimum Gasteiger partial charge on any atom is -0.298 e. The number of hydrogen-bond acceptors (Lipinski definition) is 2. The molecule has 0 saturated carbocycles. The SMILES string of the molecule is O=Cc1c(Br)ccc2c(Cl)csc12. The largest absolute Gasteiger partial charge is 0.298 e. The Labute approximate surface area is 92.5 Å². The van der Waals surface area contributed by atoms with Crippen LogP contribution in [0.15, 0.2) is 22.0 Å². The molecule has 4 heteroatoms. The molecule has 0 aliphatic rings. The number of benzene rings is 1. The fourth-order valence-electron chi connectivity index (χ4n) is 1.17. The van der Waals surface area contributed by atoms with Crippen LogP contribution in [0.25, 0.3) is 10.1 Å². The van der Waals surface area contributed by atoms with Crippen LogP contribution in [0.2, 0.25) is 5.02 Å². The van der Waals surface area contributed by atoms with Crippen LogP contribution in [0.1, 0.15) is 10.4 Å². The van der Waals surface area contributed by atoms with Crippen molar-refractivity contribution >= 4 is 55.2 Å². The Bertz CT molecular complexity index is 478. The summed E-state index contributed by atoms with van der Waals surface area (Å²) >= 11 is 10.7. The number of fused-ring (bicyclic) bond motifs is 1. The van der Waals surface area contributed by atoms with Crippen LogP contribution in [0.5, 0.6) is 0 Å². The molecule has 13 heavy (non-hydrogen) atoms. The average molecular weight is 276 g/mol. The number of halogens is 2. The maximum Gasteiger partial charge on any atom is 0.152 e. The summed E-state index contributed by atoms with van der Waals surface area (Å²) in [5.41, 5.74) is 0.675. The van der Waals surface area contributed by atoms with Crippen molar-refractivity contribution in [1.29, 1.82) is 0 Å². The summed E-state index contributed by atoms with van der Waals surface area (Å²) in [6.07, 6.45) is 0.846. The van der Waals surface area contributed by atoms with Gasteiger partial charge in [-0.2, -0.15) is 0 Å². The Morgan fingerprint density at radius 3 is 2.92 bits per heavy atom. The van der Waals surface area contributed by atoms with Gasteiger partial charge in [0.25, 0.3) is 0 Å². The van der Waals surface area contributed by atoms with E-state index in [1.54, 1.807) is 0 Å². The molecule has 0 aliphatic carbocycles. The smallest absolute Gasteiger partial charge is 0.152 e. The highest BCUT2D eigenvalue weighted by Crippen LogP contribution is 2.34. The fourth-order valence-corrected chi connectivity index (χ4v) is 3.02. The lowest BCUT2D eigenvalue weighted by atomic mass is 10.2. The van der Waals surface area contributed by atoms with E-state index in [0.717, 1.165) is 20.8 Å². The zero-order valence-corrected chi connectivity index (χ0v) is 9.54. The fraction of sp³-hybridized carbons (Fsp3) is 0. The van der Waals surface area contributed by atoms with Crippen molar-refractivity contribution in [2.45, 2.75) is 0 Å². The van der Waals surface area contributed by atoms with E-state index < -0.39 is 0 Å². The third-order valence-electron chi connectivity index (χ3n) is 1.80. The quantitative estimate of drug-likeness (QED) is 0.715. The maximum absolute atomic E-state index is 10.8. The number of aldehydes is 1. The summed E-state index contributed by atoms with van der Waals surface area (Å²) < 4.78 is 1.75. The van der Waals surface area contributed by atoms with Crippen molar-refractivity contribution in [3.63, 3.8) is 0 Å². The summed E-state index contributed by atoms with van der Waals surface area (Å²) in [7, 11) is 0. The highest BCUT2D eigenvalue weighted by atomic mass is 79.9. The van der Waals surface area contributed by atoms with Crippen molar-refractivity contribution in [3.8, 4) is 0 Å². The summed E-state index contributed by atoms with van der Waals surface area (Å²) in [6.45, 7) is 0. The standard InChI is InChI=1S/C9H4BrClOS/c10-7-2-1-5-8(11)4-13-9(5)6(7)3-12/h1-4H. The number of rotatable bonds is 1. The molecule has 0 aliphatic heterocycles. The molecular formula is C9H4BrClOS. The molecular weight excluding hydrogens is 272 g/mol. The number of thiophene rings is 1. The lowest BCUT2D eigenvalue weighted by Crippen LogP contribution is -1.81. The van der Waals surface area contributed by atoms with Gasteiger partial charge in [0.05, 0.1) is 5.02 Å². The third-order valence-corrected chi connectivity index (χ3v) is 3.96. The Morgan fingerprint density at radius 1 is 1.46 bits per heavy atom. The molecule has 1 aromatic heterocycles. The van der Waals surface area contributed by atoms with Crippen molar-refractivity contribution in [2.75, 3.05) is 0 Å². The second-order valence-electron chi connectivity index (χ2n) is 2.54. The molecule has 0 bridgehead atoms. The Hall–Kier alpha value is -0.380. The highest BCUT2D eigenvalue weighted by Gasteiger charge is 2.08. The Morgan fingerprint density at radius 2 is 2.23 bits per heavy atom. The molecule has 0 amide bonds. The number of carbonyl (C=O) groups is 1. The van der Waals surface area contributed by atoms with E-state index in [2.05, 4.69) is 15.9 Å². The van der Waals surface area contributed by atoms with E-state index in [-0.39, 0.29) is 0 Å². The molecule has 66 valence electrons. The average Bonchev–Trinajstić information content (AvgIpc) is 2.48. The molecule has 2 aromatic rings. The first-order valence-electron chi connectivity index (χ1n) is 3.54. The molecule has 2 rings (SSSR count). The summed E-state index contributed by atoms with van der Waals surface area (Å²) in [4.78, 5) is 10.8. The van der Waals surface area contributed by atoms with E-state index in [1.807, 2.05) is 17.5 Å². The molecule has 1 aromatic carbocycles. The second-order valence-corrected chi connectivity index (χ2v) is 4.68. The zero-order chi connectivity index (χ0) is 9.42. The van der Waals surface area contributed by atoms with Crippen LogP contribution >= 0.6 is 38.9 Å². The van der Waals surface area contributed by atoms with Crippen molar-refractivity contribution in [3.05, 3.63) is 32.6 Å². The molecule has 0 saturated heterocycles. The van der Waals surface area contributed by atoms with Gasteiger partial charge in [0.2, 0.25) is 0 Å². The van der Waals surface area contributed by atoms with E-state index in [4.69, 9.17) is 11.6 Å². The van der Waals surface area contributed by atoms with Crippen LogP contribution in [-0.2, 0) is 0 Å². The molecule has 0 radical (unpaired) electrons. The molecule has 0 N–H and O–H groups in total. The van der Waals surface area contributed by atoms with Crippen molar-refractivity contribution < 1.29 is 4.79 Å². The number of hydrogen-bond donors (Lipinski definition) is 0. The predicted octanol–water partition coefficient (Wildman–Crippen LogP) is 4.13. The van der Waals surface area contributed by atoms with Gasteiger partial charge in [-0.15, -0.1) is 11.3 Å². The summed E-state index contributed by atoms with van der Waals surface area (Å²) in [5, 5.41) is 3.48. The van der Waals surface area contributed by atoms with Crippen molar-refractivity contribution in [2.24, 2.45) is 0 Å². The second kappa shape index (κ2) is 3.40. The maximum atomic E-state index is 10.8. The normalized spacial score (nSPS) is 10.6. The predicted molar refractivity (Wildman–Crippen MR) is 59.9 cm³/mol. The lowest BCUT2D eigenvalue weighted by Gasteiger charge is -1.97. The first-order valence-corrected chi connectivity index (χ1v) is 5.59. The van der Waals surface area contributed by atoms with Gasteiger partial charge in [-0.25, -0.2) is 0 Å². The highest BCUT2D eigenvalue weighted by molar-refractivity contribution is 9.10. The van der Waals surface area contributed by atoms with Crippen LogP contribution in [0.3, 0.4) is 0 Å². The first kappa shape index (κ1) is 9.19. The van der Waals surface area contributed by atoms with Gasteiger partial charge in [0, 0.05) is 25.5 Å². The topological polar surface area (TPSA) is 17.1 Å². The van der Waals surface area contributed by atoms with E-state index in [0.29, 0.717) is 10.6 Å². The third kappa shape index (κ3) is 1.41. The van der Waals surface area contributed by atoms with E-state index >= 15 is 0 Å². The van der Waals surface area contributed by atoms with E-state index in [9.17, 15) is 4.79 Å². The zero-order valence-electron chi connectivity index (χ0n) is 6.38. The lowest BCUT2D eigenvalue weighted by molar-refractivity contribution is 0.112. The van der Waals surface area contributed by atoms with Gasteiger partial charge in [0.1, 0.15) is 0 Å². The number of carbonyl (C=O) groups excluding carboxylic acids is 1. The monoisotopic (exact) mass is 274 g/mol. The van der Waals surface area contributed by atoms with Gasteiger partial charge in [-0.3, -0.25) is 4.79 Å². The van der Waals surface area contributed by atoms with Crippen LogP contribution < -0.4 is 0 Å². The van der Waals surface area contributed by atoms with Gasteiger partial charge >= 0.3 is 0 Å². The Kier molecular flexibility index (Phi) is 2.41. The molecule has 1 heterocycles. The molecule has 0 spiro atoms. The molecule has 0 unspecified atom stereocenters. The minimum atomic E-state index is 0.675. The van der Waals surface area contributed by atoms with Gasteiger partial charge in [-0.1, -0.05) is 33.6 Å². The van der Waals surface area contributed by atoms with Gasteiger partial charge in [0.15, 0.2) is 6.29 Å². The minimum absolute atomic E-state index is 0.675. The van der Waals surface area contributed by atoms with Crippen LogP contribution in [0.4, 0.5) is 0 Å². The summed E-state index contributed by atoms with van der Waals surface area (Å²) in [6, 6.07) is 3.75. The van der Waals surface area contributed by atoms with Crippen LogP contribution in [-0.4, -0.2) is 6.29 Å². The first-order chi connectivity index (χ1) is 6.24. The van der Waals surface area contributed by atoms with Crippen LogP contribution in [0, 0.1) is 0 Å². The molecule has 0 fully saturated rings.